The first kappa shape index (κ1) is 19.2. The number of likely N-dealkylation sites (tertiary alicyclic amines) is 1. The molecule has 0 saturated carbocycles. The number of furan rings is 1. The van der Waals surface area contributed by atoms with Crippen molar-refractivity contribution in [2.24, 2.45) is 5.92 Å². The molecule has 4 aromatic rings. The lowest BCUT2D eigenvalue weighted by Crippen LogP contribution is -2.28. The van der Waals surface area contributed by atoms with Crippen molar-refractivity contribution < 1.29 is 18.7 Å². The van der Waals surface area contributed by atoms with Gasteiger partial charge in [0.2, 0.25) is 11.8 Å². The highest BCUT2D eigenvalue weighted by atomic mass is 16.5. The molecule has 5 rings (SSSR count). The molecule has 1 fully saturated rings. The van der Waals surface area contributed by atoms with Crippen LogP contribution >= 0.6 is 0 Å². The van der Waals surface area contributed by atoms with Gasteiger partial charge in [-0.3, -0.25) is 9.59 Å². The molecule has 1 N–H and O–H groups in total. The Morgan fingerprint density at radius 1 is 1.06 bits per heavy atom. The summed E-state index contributed by atoms with van der Waals surface area (Å²) in [6.07, 6.45) is 0.202. The van der Waals surface area contributed by atoms with Crippen LogP contribution < -0.4 is 10.1 Å². The van der Waals surface area contributed by atoms with Crippen LogP contribution in [0, 0.1) is 5.92 Å². The molecule has 2 amide bonds. The molecule has 1 aromatic heterocycles. The third-order valence-electron chi connectivity index (χ3n) is 5.76. The highest BCUT2D eigenvalue weighted by Gasteiger charge is 2.34. The average molecular weight is 414 g/mol. The van der Waals surface area contributed by atoms with Crippen molar-refractivity contribution in [3.8, 4) is 5.75 Å². The normalized spacial score (nSPS) is 16.2. The Balaban J connectivity index is 1.36. The second-order valence-electron chi connectivity index (χ2n) is 7.80. The van der Waals surface area contributed by atoms with E-state index in [1.54, 1.807) is 18.1 Å². The molecule has 6 nitrogen and oxygen atoms in total. The van der Waals surface area contributed by atoms with Crippen LogP contribution in [0.5, 0.6) is 5.75 Å². The van der Waals surface area contributed by atoms with E-state index in [1.807, 2.05) is 60.7 Å². The Morgan fingerprint density at radius 2 is 1.84 bits per heavy atom. The van der Waals surface area contributed by atoms with Gasteiger partial charge in [-0.25, -0.2) is 0 Å². The number of nitrogens with zero attached hydrogens (tertiary/aromatic N) is 1. The van der Waals surface area contributed by atoms with E-state index in [1.165, 1.54) is 0 Å². The van der Waals surface area contributed by atoms with Crippen molar-refractivity contribution in [3.63, 3.8) is 0 Å². The highest BCUT2D eigenvalue weighted by Crippen LogP contribution is 2.36. The maximum absolute atomic E-state index is 13.0. The van der Waals surface area contributed by atoms with Crippen LogP contribution in [0.4, 0.5) is 5.69 Å². The van der Waals surface area contributed by atoms with Crippen molar-refractivity contribution in [3.05, 3.63) is 72.3 Å². The van der Waals surface area contributed by atoms with Crippen LogP contribution in [0.3, 0.4) is 0 Å². The molecule has 1 atom stereocenters. The van der Waals surface area contributed by atoms with E-state index >= 15 is 0 Å². The van der Waals surface area contributed by atoms with Crippen LogP contribution in [-0.2, 0) is 16.1 Å². The van der Waals surface area contributed by atoms with Gasteiger partial charge in [0.25, 0.3) is 0 Å². The molecule has 2 heterocycles. The summed E-state index contributed by atoms with van der Waals surface area (Å²) >= 11 is 0. The summed E-state index contributed by atoms with van der Waals surface area (Å²) < 4.78 is 11.5. The summed E-state index contributed by atoms with van der Waals surface area (Å²) in [4.78, 5) is 27.1. The minimum Gasteiger partial charge on any atom is -0.495 e. The largest absolute Gasteiger partial charge is 0.495 e. The molecule has 3 aromatic carbocycles. The number of nitrogens with one attached hydrogen (secondary N) is 1. The number of carbonyl (C=O) groups excluding carboxylic acids is 2. The third-order valence-corrected chi connectivity index (χ3v) is 5.76. The van der Waals surface area contributed by atoms with Crippen LogP contribution in [0.1, 0.15) is 12.0 Å². The predicted molar refractivity (Wildman–Crippen MR) is 119 cm³/mol. The van der Waals surface area contributed by atoms with Gasteiger partial charge in [-0.15, -0.1) is 0 Å². The van der Waals surface area contributed by atoms with Gasteiger partial charge >= 0.3 is 0 Å². The van der Waals surface area contributed by atoms with Gasteiger partial charge in [0.05, 0.1) is 18.7 Å². The van der Waals surface area contributed by atoms with Crippen LogP contribution in [-0.4, -0.2) is 30.4 Å². The summed E-state index contributed by atoms with van der Waals surface area (Å²) in [5.74, 6) is -0.0634. The minimum absolute atomic E-state index is 0.0105. The molecular weight excluding hydrogens is 392 g/mol. The number of hydrogen-bond acceptors (Lipinski definition) is 4. The van der Waals surface area contributed by atoms with Crippen LogP contribution in [0.2, 0.25) is 0 Å². The van der Waals surface area contributed by atoms with Gasteiger partial charge in [-0.05, 0) is 17.7 Å². The first-order valence-corrected chi connectivity index (χ1v) is 10.2. The number of para-hydroxylation sites is 1. The number of carbonyl (C=O) groups is 2. The topological polar surface area (TPSA) is 71.8 Å². The van der Waals surface area contributed by atoms with Gasteiger partial charge in [-0.1, -0.05) is 48.5 Å². The highest BCUT2D eigenvalue weighted by molar-refractivity contribution is 6.08. The standard InChI is InChI=1S/C25H22N2O4/c1-30-23-12-19-18-9-5-6-10-21(18)31-22(19)13-20(23)26-25(29)17-11-24(28)27(15-17)14-16-7-3-2-4-8-16/h2-10,12-13,17H,11,14-15H2,1H3,(H,26,29)/t17-/m0/s1. The van der Waals surface area contributed by atoms with Gasteiger partial charge in [0, 0.05) is 36.3 Å². The Labute approximate surface area is 179 Å². The average Bonchev–Trinajstić information content (AvgIpc) is 3.33. The molecule has 0 unspecified atom stereocenters. The number of anilines is 1. The lowest BCUT2D eigenvalue weighted by Gasteiger charge is -2.17. The van der Waals surface area contributed by atoms with Gasteiger partial charge in [-0.2, -0.15) is 0 Å². The van der Waals surface area contributed by atoms with Crippen molar-refractivity contribution in [2.45, 2.75) is 13.0 Å². The maximum atomic E-state index is 13.0. The number of ether oxygens (including phenoxy) is 1. The fourth-order valence-electron chi connectivity index (χ4n) is 4.16. The van der Waals surface area contributed by atoms with Gasteiger partial charge in [0.1, 0.15) is 16.9 Å². The fourth-order valence-corrected chi connectivity index (χ4v) is 4.16. The third kappa shape index (κ3) is 3.61. The lowest BCUT2D eigenvalue weighted by atomic mass is 10.1. The zero-order chi connectivity index (χ0) is 21.4. The molecule has 1 aliphatic heterocycles. The Morgan fingerprint density at radius 3 is 2.65 bits per heavy atom. The van der Waals surface area contributed by atoms with Gasteiger partial charge < -0.3 is 19.4 Å². The Kier molecular flexibility index (Phi) is 4.82. The lowest BCUT2D eigenvalue weighted by molar-refractivity contribution is -0.128. The molecular formula is C25H22N2O4. The zero-order valence-corrected chi connectivity index (χ0v) is 17.1. The van der Waals surface area contributed by atoms with E-state index in [-0.39, 0.29) is 18.2 Å². The smallest absolute Gasteiger partial charge is 0.229 e. The second kappa shape index (κ2) is 7.80. The first-order valence-electron chi connectivity index (χ1n) is 10.2. The monoisotopic (exact) mass is 414 g/mol. The summed E-state index contributed by atoms with van der Waals surface area (Å²) in [5, 5.41) is 4.86. The number of rotatable bonds is 5. The van der Waals surface area contributed by atoms with Crippen molar-refractivity contribution in [1.82, 2.24) is 4.90 Å². The van der Waals surface area contributed by atoms with E-state index in [4.69, 9.17) is 9.15 Å². The fraction of sp³-hybridized carbons (Fsp3) is 0.200. The summed E-state index contributed by atoms with van der Waals surface area (Å²) in [5.41, 5.74) is 3.04. The quantitative estimate of drug-likeness (QED) is 0.519. The molecule has 1 saturated heterocycles. The maximum Gasteiger partial charge on any atom is 0.229 e. The van der Waals surface area contributed by atoms with Crippen molar-refractivity contribution in [1.29, 1.82) is 0 Å². The SMILES string of the molecule is COc1cc2c(cc1NC(=O)[C@H]1CC(=O)N(Cc3ccccc3)C1)oc1ccccc12. The molecule has 31 heavy (non-hydrogen) atoms. The number of fused-ring (bicyclic) bond motifs is 3. The molecule has 1 aliphatic rings. The predicted octanol–water partition coefficient (Wildman–Crippen LogP) is 4.58. The number of amides is 2. The van der Waals surface area contributed by atoms with E-state index in [9.17, 15) is 9.59 Å². The van der Waals surface area contributed by atoms with E-state index in [2.05, 4.69) is 5.32 Å². The minimum atomic E-state index is -0.410. The molecule has 0 radical (unpaired) electrons. The Bertz CT molecular complexity index is 1280. The molecule has 0 spiro atoms. The summed E-state index contributed by atoms with van der Waals surface area (Å²) in [6, 6.07) is 21.2. The summed E-state index contributed by atoms with van der Waals surface area (Å²) in [7, 11) is 1.57. The molecule has 0 bridgehead atoms. The first-order chi connectivity index (χ1) is 15.1. The molecule has 0 aliphatic carbocycles. The van der Waals surface area contributed by atoms with E-state index in [0.717, 1.165) is 21.9 Å². The zero-order valence-electron chi connectivity index (χ0n) is 17.1. The summed E-state index contributed by atoms with van der Waals surface area (Å²) in [6.45, 7) is 0.909. The Hall–Kier alpha value is -3.80. The second-order valence-corrected chi connectivity index (χ2v) is 7.80. The number of methoxy groups -OCH3 is 1. The van der Waals surface area contributed by atoms with E-state index < -0.39 is 5.92 Å². The van der Waals surface area contributed by atoms with Crippen molar-refractivity contribution in [2.75, 3.05) is 19.0 Å². The molecule has 156 valence electrons. The van der Waals surface area contributed by atoms with Crippen LogP contribution in [0.15, 0.2) is 71.1 Å². The van der Waals surface area contributed by atoms with E-state index in [0.29, 0.717) is 30.1 Å². The van der Waals surface area contributed by atoms with Gasteiger partial charge in [0.15, 0.2) is 0 Å². The number of benzene rings is 3. The number of hydrogen-bond donors (Lipinski definition) is 1. The van der Waals surface area contributed by atoms with Crippen LogP contribution in [0.25, 0.3) is 21.9 Å². The molecule has 6 heteroatoms. The van der Waals surface area contributed by atoms with Crippen molar-refractivity contribution >= 4 is 39.4 Å².